The zero-order chi connectivity index (χ0) is 15.2. The van der Waals surface area contributed by atoms with Gasteiger partial charge in [0, 0.05) is 37.4 Å². The van der Waals surface area contributed by atoms with E-state index in [1.165, 1.54) is 5.56 Å². The summed E-state index contributed by atoms with van der Waals surface area (Å²) in [7, 11) is 0. The lowest BCUT2D eigenvalue weighted by Crippen LogP contribution is -2.30. The fourth-order valence-electron chi connectivity index (χ4n) is 2.30. The minimum atomic E-state index is 0.404. The van der Waals surface area contributed by atoms with Crippen LogP contribution in [0.4, 0.5) is 0 Å². The van der Waals surface area contributed by atoms with Crippen LogP contribution in [-0.4, -0.2) is 20.7 Å². The molecule has 21 heavy (non-hydrogen) atoms. The molecule has 1 heterocycles. The van der Waals surface area contributed by atoms with Gasteiger partial charge in [-0.05, 0) is 32.4 Å². The van der Waals surface area contributed by atoms with Gasteiger partial charge in [-0.1, -0.05) is 18.2 Å². The molecular formula is C17H22N4. The van der Waals surface area contributed by atoms with Crippen LogP contribution in [0.2, 0.25) is 0 Å². The Morgan fingerprint density at radius 2 is 2.05 bits per heavy atom. The highest BCUT2D eigenvalue weighted by atomic mass is 15.3. The standard InChI is InChI=1S/C17H22N4/c1-4-21-12-15(10-19-21)11-20(14(2)3)13-17-8-6-5-7-16(17)9-18/h5-8,10,12,14H,4,11,13H2,1-3H3. The van der Waals surface area contributed by atoms with Crippen LogP contribution in [0.25, 0.3) is 0 Å². The molecule has 0 atom stereocenters. The summed E-state index contributed by atoms with van der Waals surface area (Å²) in [6.07, 6.45) is 4.01. The first-order chi connectivity index (χ1) is 10.1. The number of nitriles is 1. The maximum atomic E-state index is 9.21. The third-order valence-corrected chi connectivity index (χ3v) is 3.64. The Morgan fingerprint density at radius 1 is 1.29 bits per heavy atom. The van der Waals surface area contributed by atoms with Gasteiger partial charge >= 0.3 is 0 Å². The van der Waals surface area contributed by atoms with E-state index in [1.807, 2.05) is 35.1 Å². The third-order valence-electron chi connectivity index (χ3n) is 3.64. The van der Waals surface area contributed by atoms with Gasteiger partial charge in [0.25, 0.3) is 0 Å². The van der Waals surface area contributed by atoms with Gasteiger partial charge in [-0.15, -0.1) is 0 Å². The summed E-state index contributed by atoms with van der Waals surface area (Å²) in [5, 5.41) is 13.5. The van der Waals surface area contributed by atoms with Crippen molar-refractivity contribution >= 4 is 0 Å². The number of nitrogens with zero attached hydrogens (tertiary/aromatic N) is 4. The van der Waals surface area contributed by atoms with Gasteiger partial charge < -0.3 is 0 Å². The molecule has 110 valence electrons. The maximum Gasteiger partial charge on any atom is 0.0995 e. The van der Waals surface area contributed by atoms with E-state index in [2.05, 4.69) is 43.0 Å². The van der Waals surface area contributed by atoms with E-state index in [0.29, 0.717) is 6.04 Å². The summed E-state index contributed by atoms with van der Waals surface area (Å²) in [5.41, 5.74) is 3.05. The fraction of sp³-hybridized carbons (Fsp3) is 0.412. The summed E-state index contributed by atoms with van der Waals surface area (Å²) in [6, 6.07) is 10.5. The molecule has 2 aromatic rings. The van der Waals surface area contributed by atoms with Crippen LogP contribution in [0, 0.1) is 11.3 Å². The Kier molecular flexibility index (Phi) is 5.13. The molecule has 0 spiro atoms. The monoisotopic (exact) mass is 282 g/mol. The lowest BCUT2D eigenvalue weighted by atomic mass is 10.1. The molecule has 0 saturated carbocycles. The van der Waals surface area contributed by atoms with Crippen LogP contribution < -0.4 is 0 Å². The molecule has 2 rings (SSSR count). The molecular weight excluding hydrogens is 260 g/mol. The number of aromatic nitrogens is 2. The van der Waals surface area contributed by atoms with Gasteiger partial charge in [-0.2, -0.15) is 10.4 Å². The van der Waals surface area contributed by atoms with Crippen molar-refractivity contribution in [1.82, 2.24) is 14.7 Å². The summed E-state index contributed by atoms with van der Waals surface area (Å²) in [5.74, 6) is 0. The van der Waals surface area contributed by atoms with Gasteiger partial charge in [0.05, 0.1) is 17.8 Å². The SMILES string of the molecule is CCn1cc(CN(Cc2ccccc2C#N)C(C)C)cn1. The van der Waals surface area contributed by atoms with Crippen molar-refractivity contribution in [3.8, 4) is 6.07 Å². The molecule has 0 fully saturated rings. The first-order valence-corrected chi connectivity index (χ1v) is 7.37. The van der Waals surface area contributed by atoms with Crippen LogP contribution in [0.1, 0.15) is 37.5 Å². The molecule has 0 aliphatic heterocycles. The van der Waals surface area contributed by atoms with E-state index in [0.717, 1.165) is 30.8 Å². The summed E-state index contributed by atoms with van der Waals surface area (Å²) < 4.78 is 1.94. The normalized spacial score (nSPS) is 11.0. The van der Waals surface area contributed by atoms with Crippen molar-refractivity contribution < 1.29 is 0 Å². The number of hydrogen-bond acceptors (Lipinski definition) is 3. The lowest BCUT2D eigenvalue weighted by molar-refractivity contribution is 0.203. The molecule has 0 bridgehead atoms. The van der Waals surface area contributed by atoms with Crippen LogP contribution in [0.15, 0.2) is 36.7 Å². The second-order valence-electron chi connectivity index (χ2n) is 5.47. The van der Waals surface area contributed by atoms with Crippen LogP contribution in [0.3, 0.4) is 0 Å². The molecule has 1 aromatic heterocycles. The highest BCUT2D eigenvalue weighted by Crippen LogP contribution is 2.15. The number of aryl methyl sites for hydroxylation is 1. The molecule has 4 heteroatoms. The summed E-state index contributed by atoms with van der Waals surface area (Å²) >= 11 is 0. The smallest absolute Gasteiger partial charge is 0.0995 e. The minimum Gasteiger partial charge on any atom is -0.292 e. The Hall–Kier alpha value is -2.12. The predicted molar refractivity (Wildman–Crippen MR) is 83.4 cm³/mol. The zero-order valence-electron chi connectivity index (χ0n) is 13.0. The van der Waals surface area contributed by atoms with E-state index in [9.17, 15) is 5.26 Å². The number of benzene rings is 1. The lowest BCUT2D eigenvalue weighted by Gasteiger charge is -2.26. The maximum absolute atomic E-state index is 9.21. The van der Waals surface area contributed by atoms with Gasteiger partial charge in [0.2, 0.25) is 0 Å². The molecule has 0 N–H and O–H groups in total. The Labute approximate surface area is 126 Å². The van der Waals surface area contributed by atoms with E-state index < -0.39 is 0 Å². The van der Waals surface area contributed by atoms with Crippen molar-refractivity contribution in [1.29, 1.82) is 5.26 Å². The first-order valence-electron chi connectivity index (χ1n) is 7.37. The van der Waals surface area contributed by atoms with E-state index in [-0.39, 0.29) is 0 Å². The van der Waals surface area contributed by atoms with Crippen molar-refractivity contribution in [2.75, 3.05) is 0 Å². The van der Waals surface area contributed by atoms with Gasteiger partial charge in [-0.25, -0.2) is 0 Å². The van der Waals surface area contributed by atoms with Gasteiger partial charge in [-0.3, -0.25) is 9.58 Å². The van der Waals surface area contributed by atoms with Crippen molar-refractivity contribution in [2.45, 2.75) is 46.4 Å². The highest BCUT2D eigenvalue weighted by molar-refractivity contribution is 5.37. The molecule has 0 unspecified atom stereocenters. The fourth-order valence-corrected chi connectivity index (χ4v) is 2.30. The highest BCUT2D eigenvalue weighted by Gasteiger charge is 2.13. The second kappa shape index (κ2) is 7.05. The Balaban J connectivity index is 2.14. The van der Waals surface area contributed by atoms with Crippen molar-refractivity contribution in [2.24, 2.45) is 0 Å². The zero-order valence-corrected chi connectivity index (χ0v) is 13.0. The average Bonchev–Trinajstić information content (AvgIpc) is 2.94. The van der Waals surface area contributed by atoms with Crippen molar-refractivity contribution in [3.05, 3.63) is 53.3 Å². The predicted octanol–water partition coefficient (Wildman–Crippen LogP) is 3.19. The molecule has 0 aliphatic carbocycles. The average molecular weight is 282 g/mol. The number of hydrogen-bond donors (Lipinski definition) is 0. The van der Waals surface area contributed by atoms with E-state index in [1.54, 1.807) is 0 Å². The summed E-state index contributed by atoms with van der Waals surface area (Å²) in [6.45, 7) is 8.95. The third kappa shape index (κ3) is 3.93. The molecule has 4 nitrogen and oxygen atoms in total. The molecule has 1 aromatic carbocycles. The van der Waals surface area contributed by atoms with E-state index in [4.69, 9.17) is 0 Å². The van der Waals surface area contributed by atoms with Crippen LogP contribution >= 0.6 is 0 Å². The van der Waals surface area contributed by atoms with Crippen LogP contribution in [0.5, 0.6) is 0 Å². The minimum absolute atomic E-state index is 0.404. The Bertz CT molecular complexity index is 622. The van der Waals surface area contributed by atoms with Gasteiger partial charge in [0.15, 0.2) is 0 Å². The quantitative estimate of drug-likeness (QED) is 0.817. The molecule has 0 radical (unpaired) electrons. The second-order valence-corrected chi connectivity index (χ2v) is 5.47. The number of rotatable bonds is 6. The molecule has 0 aliphatic rings. The van der Waals surface area contributed by atoms with Crippen molar-refractivity contribution in [3.63, 3.8) is 0 Å². The first kappa shape index (κ1) is 15.3. The topological polar surface area (TPSA) is 44.9 Å². The van der Waals surface area contributed by atoms with Crippen LogP contribution in [-0.2, 0) is 19.6 Å². The summed E-state index contributed by atoms with van der Waals surface area (Å²) in [4.78, 5) is 2.35. The van der Waals surface area contributed by atoms with Gasteiger partial charge in [0.1, 0.15) is 0 Å². The Morgan fingerprint density at radius 3 is 2.67 bits per heavy atom. The molecule has 0 amide bonds. The largest absolute Gasteiger partial charge is 0.292 e. The van der Waals surface area contributed by atoms with E-state index >= 15 is 0 Å². The molecule has 0 saturated heterocycles.